The van der Waals surface area contributed by atoms with Gasteiger partial charge >= 0.3 is 5.88 Å². The molecular formula is C27H26N4O3S. The lowest BCUT2D eigenvalue weighted by atomic mass is 9.84. The number of rotatable bonds is 7. The Kier molecular flexibility index (Phi) is 6.99. The van der Waals surface area contributed by atoms with E-state index in [1.54, 1.807) is 4.68 Å². The van der Waals surface area contributed by atoms with Crippen LogP contribution in [0.4, 0.5) is 5.88 Å². The molecule has 0 saturated heterocycles. The van der Waals surface area contributed by atoms with Gasteiger partial charge in [0.05, 0.1) is 24.5 Å². The molecule has 1 fully saturated rings. The first kappa shape index (κ1) is 23.0. The standard InChI is InChI=1S/C27H26N4O3S/c32-31(33)26-16-15-24(34-26)18-29-30-25(19-35-27(30)28-17-20-7-3-1-4-8-20)23-13-11-22(12-14-23)21-9-5-2-6-10-21/h1,3-4,7-8,11-16,18-19,21H,2,5-6,9-10,17H2. The van der Waals surface area contributed by atoms with Gasteiger partial charge in [-0.3, -0.25) is 15.1 Å². The molecule has 7 nitrogen and oxygen atoms in total. The van der Waals surface area contributed by atoms with Crippen molar-refractivity contribution in [2.24, 2.45) is 10.1 Å². The molecule has 8 heteroatoms. The van der Waals surface area contributed by atoms with E-state index < -0.39 is 4.92 Å². The number of nitro groups is 1. The molecule has 5 rings (SSSR count). The lowest BCUT2D eigenvalue weighted by Crippen LogP contribution is -2.12. The summed E-state index contributed by atoms with van der Waals surface area (Å²) in [6.07, 6.45) is 7.97. The SMILES string of the molecule is O=[N+]([O-])c1ccc(C=Nn2c(-c3ccc(C4CCCCC4)cc3)csc2=NCc2ccccc2)o1. The van der Waals surface area contributed by atoms with E-state index in [0.717, 1.165) is 21.6 Å². The van der Waals surface area contributed by atoms with Crippen LogP contribution in [0.15, 0.2) is 86.6 Å². The Hall–Kier alpha value is -3.78. The van der Waals surface area contributed by atoms with Gasteiger partial charge in [0.2, 0.25) is 4.80 Å². The van der Waals surface area contributed by atoms with Gasteiger partial charge in [-0.15, -0.1) is 11.3 Å². The maximum Gasteiger partial charge on any atom is 0.433 e. The predicted octanol–water partition coefficient (Wildman–Crippen LogP) is 6.75. The third kappa shape index (κ3) is 5.49. The molecule has 1 aliphatic carbocycles. The van der Waals surface area contributed by atoms with Crippen LogP contribution in [-0.4, -0.2) is 15.8 Å². The summed E-state index contributed by atoms with van der Waals surface area (Å²) in [5.41, 5.74) is 4.46. The maximum atomic E-state index is 11.0. The fourth-order valence-corrected chi connectivity index (χ4v) is 5.28. The average molecular weight is 487 g/mol. The maximum absolute atomic E-state index is 11.0. The van der Waals surface area contributed by atoms with Crippen molar-refractivity contribution in [2.45, 2.75) is 44.6 Å². The van der Waals surface area contributed by atoms with Gasteiger partial charge in [0.15, 0.2) is 5.76 Å². The van der Waals surface area contributed by atoms with Crippen molar-refractivity contribution in [3.8, 4) is 11.3 Å². The minimum absolute atomic E-state index is 0.308. The first-order valence-electron chi connectivity index (χ1n) is 11.8. The number of hydrogen-bond donors (Lipinski definition) is 0. The molecule has 4 aromatic rings. The van der Waals surface area contributed by atoms with Crippen LogP contribution in [0.25, 0.3) is 11.3 Å². The fraction of sp³-hybridized carbons (Fsp3) is 0.259. The van der Waals surface area contributed by atoms with Crippen molar-refractivity contribution in [1.29, 1.82) is 0 Å². The Labute approximate surface area is 207 Å². The van der Waals surface area contributed by atoms with Crippen molar-refractivity contribution in [1.82, 2.24) is 4.68 Å². The number of thiazole rings is 1. The molecule has 1 saturated carbocycles. The van der Waals surface area contributed by atoms with Crippen LogP contribution in [0.5, 0.6) is 0 Å². The van der Waals surface area contributed by atoms with Crippen LogP contribution in [0.2, 0.25) is 0 Å². The van der Waals surface area contributed by atoms with Crippen LogP contribution in [0, 0.1) is 10.1 Å². The topological polar surface area (TPSA) is 85.9 Å². The predicted molar refractivity (Wildman–Crippen MR) is 138 cm³/mol. The molecule has 2 aromatic carbocycles. The Morgan fingerprint density at radius 1 is 1.03 bits per heavy atom. The van der Waals surface area contributed by atoms with Crippen molar-refractivity contribution in [2.75, 3.05) is 0 Å². The summed E-state index contributed by atoms with van der Waals surface area (Å²) >= 11 is 1.51. The number of furan rings is 1. The molecule has 0 N–H and O–H groups in total. The zero-order valence-electron chi connectivity index (χ0n) is 19.2. The molecule has 0 bridgehead atoms. The second-order valence-electron chi connectivity index (χ2n) is 8.65. The van der Waals surface area contributed by atoms with Gasteiger partial charge in [0, 0.05) is 10.9 Å². The third-order valence-corrected chi connectivity index (χ3v) is 7.16. The molecule has 1 aliphatic rings. The van der Waals surface area contributed by atoms with E-state index in [4.69, 9.17) is 9.41 Å². The molecule has 0 amide bonds. The van der Waals surface area contributed by atoms with Crippen LogP contribution in [-0.2, 0) is 6.54 Å². The van der Waals surface area contributed by atoms with Gasteiger partial charge in [-0.25, -0.2) is 4.68 Å². The van der Waals surface area contributed by atoms with E-state index in [1.807, 2.05) is 35.7 Å². The van der Waals surface area contributed by atoms with Gasteiger partial charge in [-0.2, -0.15) is 5.10 Å². The zero-order chi connectivity index (χ0) is 24.0. The summed E-state index contributed by atoms with van der Waals surface area (Å²) in [7, 11) is 0. The second-order valence-corrected chi connectivity index (χ2v) is 9.49. The monoisotopic (exact) mass is 486 g/mol. The molecular weight excluding hydrogens is 460 g/mol. The number of benzene rings is 2. The third-order valence-electron chi connectivity index (χ3n) is 6.30. The quantitative estimate of drug-likeness (QED) is 0.164. The Bertz CT molecular complexity index is 1380. The molecule has 35 heavy (non-hydrogen) atoms. The molecule has 0 spiro atoms. The van der Waals surface area contributed by atoms with E-state index in [-0.39, 0.29) is 5.88 Å². The van der Waals surface area contributed by atoms with Crippen molar-refractivity contribution >= 4 is 23.4 Å². The van der Waals surface area contributed by atoms with Crippen LogP contribution >= 0.6 is 11.3 Å². The Morgan fingerprint density at radius 3 is 2.51 bits per heavy atom. The second kappa shape index (κ2) is 10.7. The highest BCUT2D eigenvalue weighted by Crippen LogP contribution is 2.33. The van der Waals surface area contributed by atoms with Gasteiger partial charge in [0.1, 0.15) is 4.92 Å². The number of hydrogen-bond acceptors (Lipinski definition) is 6. The van der Waals surface area contributed by atoms with Crippen LogP contribution in [0.3, 0.4) is 0 Å². The first-order chi connectivity index (χ1) is 17.2. The molecule has 2 aromatic heterocycles. The summed E-state index contributed by atoms with van der Waals surface area (Å²) in [5, 5.41) is 17.6. The Morgan fingerprint density at radius 2 is 1.80 bits per heavy atom. The average Bonchev–Trinajstić information content (AvgIpc) is 3.55. The largest absolute Gasteiger partial charge is 0.433 e. The van der Waals surface area contributed by atoms with Crippen molar-refractivity contribution in [3.63, 3.8) is 0 Å². The van der Waals surface area contributed by atoms with Gasteiger partial charge in [0.25, 0.3) is 0 Å². The molecule has 0 radical (unpaired) electrons. The highest BCUT2D eigenvalue weighted by Gasteiger charge is 2.16. The summed E-state index contributed by atoms with van der Waals surface area (Å²) < 4.78 is 7.03. The van der Waals surface area contributed by atoms with Crippen LogP contribution in [0.1, 0.15) is 54.9 Å². The van der Waals surface area contributed by atoms with E-state index in [1.165, 1.54) is 67.4 Å². The lowest BCUT2D eigenvalue weighted by molar-refractivity contribution is -0.402. The summed E-state index contributed by atoms with van der Waals surface area (Å²) in [6, 6.07) is 21.7. The van der Waals surface area contributed by atoms with Gasteiger partial charge < -0.3 is 4.42 Å². The van der Waals surface area contributed by atoms with Gasteiger partial charge in [-0.1, -0.05) is 73.9 Å². The Balaban J connectivity index is 1.48. The smallest absolute Gasteiger partial charge is 0.400 e. The first-order valence-corrected chi connectivity index (χ1v) is 12.7. The fourth-order valence-electron chi connectivity index (χ4n) is 4.45. The molecule has 0 unspecified atom stereocenters. The normalized spacial score (nSPS) is 15.1. The lowest BCUT2D eigenvalue weighted by Gasteiger charge is -2.22. The summed E-state index contributed by atoms with van der Waals surface area (Å²) in [6.45, 7) is 0.531. The van der Waals surface area contributed by atoms with Gasteiger partial charge in [-0.05, 0) is 36.0 Å². The number of aromatic nitrogens is 1. The highest BCUT2D eigenvalue weighted by molar-refractivity contribution is 7.07. The number of nitrogens with zero attached hydrogens (tertiary/aromatic N) is 4. The minimum Gasteiger partial charge on any atom is -0.400 e. The highest BCUT2D eigenvalue weighted by atomic mass is 32.1. The molecule has 2 heterocycles. The minimum atomic E-state index is -0.561. The molecule has 0 atom stereocenters. The zero-order valence-corrected chi connectivity index (χ0v) is 20.1. The van der Waals surface area contributed by atoms with Crippen LogP contribution < -0.4 is 4.80 Å². The van der Waals surface area contributed by atoms with E-state index in [2.05, 4.69) is 29.4 Å². The molecule has 178 valence electrons. The van der Waals surface area contributed by atoms with E-state index in [0.29, 0.717) is 18.2 Å². The van der Waals surface area contributed by atoms with Crippen molar-refractivity contribution < 1.29 is 9.34 Å². The van der Waals surface area contributed by atoms with Crippen molar-refractivity contribution in [3.05, 3.63) is 104 Å². The van der Waals surface area contributed by atoms with E-state index >= 15 is 0 Å². The summed E-state index contributed by atoms with van der Waals surface area (Å²) in [4.78, 5) is 15.9. The van der Waals surface area contributed by atoms with E-state index in [9.17, 15) is 10.1 Å². The summed E-state index contributed by atoms with van der Waals surface area (Å²) in [5.74, 6) is 0.647. The molecule has 0 aliphatic heterocycles.